The fourth-order valence-electron chi connectivity index (χ4n) is 4.30. The van der Waals surface area contributed by atoms with E-state index in [9.17, 15) is 4.79 Å². The van der Waals surface area contributed by atoms with Gasteiger partial charge in [-0.3, -0.25) is 5.32 Å². The SMILES string of the molecule is COc1cc2ncnc(Sc3cccc(NC(=O)Nc4cc(C5CC5)nn4-c4ccccc4)c3)c2cc1OC. The van der Waals surface area contributed by atoms with Crippen LogP contribution in [0.2, 0.25) is 0 Å². The van der Waals surface area contributed by atoms with Gasteiger partial charge in [0.25, 0.3) is 0 Å². The van der Waals surface area contributed by atoms with Gasteiger partial charge in [0.15, 0.2) is 11.5 Å². The van der Waals surface area contributed by atoms with Crippen LogP contribution < -0.4 is 20.1 Å². The van der Waals surface area contributed by atoms with E-state index in [0.29, 0.717) is 28.9 Å². The van der Waals surface area contributed by atoms with E-state index < -0.39 is 0 Å². The zero-order chi connectivity index (χ0) is 26.8. The van der Waals surface area contributed by atoms with Gasteiger partial charge in [0.2, 0.25) is 0 Å². The summed E-state index contributed by atoms with van der Waals surface area (Å²) in [6, 6.07) is 22.7. The van der Waals surface area contributed by atoms with Crippen LogP contribution >= 0.6 is 11.8 Å². The second kappa shape index (κ2) is 10.7. The van der Waals surface area contributed by atoms with E-state index in [-0.39, 0.29) is 6.03 Å². The van der Waals surface area contributed by atoms with Gasteiger partial charge in [0.1, 0.15) is 17.2 Å². The molecule has 196 valence electrons. The highest BCUT2D eigenvalue weighted by molar-refractivity contribution is 7.99. The number of carbonyl (C=O) groups is 1. The first-order chi connectivity index (χ1) is 19.1. The molecule has 6 rings (SSSR count). The molecule has 2 amide bonds. The van der Waals surface area contributed by atoms with Crippen LogP contribution in [0.4, 0.5) is 16.3 Å². The standard InChI is InChI=1S/C29H26N6O3S/c1-37-25-14-22-24(15-26(25)38-2)30-17-31-28(22)39-21-10-6-7-19(13-21)32-29(36)33-27-16-23(18-11-12-18)34-35(27)20-8-4-3-5-9-20/h3-10,13-18H,11-12H2,1-2H3,(H2,32,33,36). The minimum Gasteiger partial charge on any atom is -0.493 e. The molecule has 5 aromatic rings. The molecular weight excluding hydrogens is 512 g/mol. The summed E-state index contributed by atoms with van der Waals surface area (Å²) in [6.45, 7) is 0. The molecule has 0 bridgehead atoms. The third kappa shape index (κ3) is 5.37. The van der Waals surface area contributed by atoms with Gasteiger partial charge in [-0.2, -0.15) is 5.10 Å². The molecule has 0 unspecified atom stereocenters. The summed E-state index contributed by atoms with van der Waals surface area (Å²) in [5, 5.41) is 12.3. The number of rotatable bonds is 8. The Kier molecular flexibility index (Phi) is 6.76. The average Bonchev–Trinajstić information content (AvgIpc) is 3.73. The minimum absolute atomic E-state index is 0.346. The van der Waals surface area contributed by atoms with Crippen LogP contribution in [-0.4, -0.2) is 40.0 Å². The van der Waals surface area contributed by atoms with Crippen LogP contribution in [0.25, 0.3) is 16.6 Å². The number of amides is 2. The Morgan fingerprint density at radius 2 is 1.72 bits per heavy atom. The number of benzene rings is 3. The molecule has 0 saturated heterocycles. The fraction of sp³-hybridized carbons (Fsp3) is 0.172. The van der Waals surface area contributed by atoms with Crippen LogP contribution in [0.1, 0.15) is 24.5 Å². The molecule has 0 spiro atoms. The summed E-state index contributed by atoms with van der Waals surface area (Å²) in [5.41, 5.74) is 3.30. The highest BCUT2D eigenvalue weighted by Gasteiger charge is 2.28. The number of anilines is 2. The van der Waals surface area contributed by atoms with Crippen LogP contribution in [0, 0.1) is 0 Å². The Balaban J connectivity index is 1.21. The van der Waals surface area contributed by atoms with Gasteiger partial charge in [0, 0.05) is 34.0 Å². The van der Waals surface area contributed by atoms with E-state index in [2.05, 4.69) is 20.6 Å². The lowest BCUT2D eigenvalue weighted by molar-refractivity contribution is 0.262. The molecule has 2 N–H and O–H groups in total. The number of hydrogen-bond acceptors (Lipinski definition) is 7. The van der Waals surface area contributed by atoms with E-state index in [1.165, 1.54) is 18.1 Å². The molecule has 1 aliphatic carbocycles. The highest BCUT2D eigenvalue weighted by Crippen LogP contribution is 2.41. The molecular formula is C29H26N6O3S. The number of nitrogens with zero attached hydrogens (tertiary/aromatic N) is 4. The van der Waals surface area contributed by atoms with Gasteiger partial charge in [-0.25, -0.2) is 19.4 Å². The number of aromatic nitrogens is 4. The molecule has 9 nitrogen and oxygen atoms in total. The number of urea groups is 1. The smallest absolute Gasteiger partial charge is 0.324 e. The Bertz CT molecular complexity index is 1650. The first kappa shape index (κ1) is 24.7. The first-order valence-electron chi connectivity index (χ1n) is 12.5. The quantitative estimate of drug-likeness (QED) is 0.217. The summed E-state index contributed by atoms with van der Waals surface area (Å²) in [5.74, 6) is 2.30. The van der Waals surface area contributed by atoms with Crippen molar-refractivity contribution in [1.29, 1.82) is 0 Å². The lowest BCUT2D eigenvalue weighted by Gasteiger charge is -2.12. The van der Waals surface area contributed by atoms with Crippen molar-refractivity contribution in [2.24, 2.45) is 0 Å². The average molecular weight is 539 g/mol. The molecule has 1 fully saturated rings. The molecule has 0 atom stereocenters. The van der Waals surface area contributed by atoms with Crippen molar-refractivity contribution in [3.8, 4) is 17.2 Å². The first-order valence-corrected chi connectivity index (χ1v) is 13.3. The Hall–Kier alpha value is -4.57. The van der Waals surface area contributed by atoms with Crippen molar-refractivity contribution in [2.45, 2.75) is 28.7 Å². The fourth-order valence-corrected chi connectivity index (χ4v) is 5.23. The van der Waals surface area contributed by atoms with Crippen molar-refractivity contribution in [1.82, 2.24) is 19.7 Å². The topological polar surface area (TPSA) is 103 Å². The van der Waals surface area contributed by atoms with Gasteiger partial charge in [-0.05, 0) is 49.2 Å². The van der Waals surface area contributed by atoms with Crippen molar-refractivity contribution in [3.05, 3.63) is 84.8 Å². The normalized spacial score (nSPS) is 12.8. The molecule has 2 aromatic heterocycles. The van der Waals surface area contributed by atoms with Gasteiger partial charge in [-0.1, -0.05) is 36.0 Å². The summed E-state index contributed by atoms with van der Waals surface area (Å²) in [4.78, 5) is 22.8. The Labute approximate surface area is 229 Å². The maximum atomic E-state index is 13.0. The largest absolute Gasteiger partial charge is 0.493 e. The Morgan fingerprint density at radius 1 is 0.923 bits per heavy atom. The van der Waals surface area contributed by atoms with Crippen LogP contribution in [0.3, 0.4) is 0 Å². The number of fused-ring (bicyclic) bond motifs is 1. The summed E-state index contributed by atoms with van der Waals surface area (Å²) >= 11 is 1.47. The zero-order valence-corrected chi connectivity index (χ0v) is 22.2. The minimum atomic E-state index is -0.346. The van der Waals surface area contributed by atoms with Crippen LogP contribution in [-0.2, 0) is 0 Å². The van der Waals surface area contributed by atoms with E-state index >= 15 is 0 Å². The third-order valence-electron chi connectivity index (χ3n) is 6.38. The van der Waals surface area contributed by atoms with Crippen molar-refractivity contribution >= 4 is 40.2 Å². The molecule has 39 heavy (non-hydrogen) atoms. The van der Waals surface area contributed by atoms with Gasteiger partial charge >= 0.3 is 6.03 Å². The lowest BCUT2D eigenvalue weighted by atomic mass is 10.2. The van der Waals surface area contributed by atoms with E-state index in [1.54, 1.807) is 18.9 Å². The van der Waals surface area contributed by atoms with Crippen LogP contribution in [0.15, 0.2) is 89.0 Å². The van der Waals surface area contributed by atoms with Crippen LogP contribution in [0.5, 0.6) is 11.5 Å². The predicted molar refractivity (Wildman–Crippen MR) is 151 cm³/mol. The number of hydrogen-bond donors (Lipinski definition) is 2. The van der Waals surface area contributed by atoms with E-state index in [0.717, 1.165) is 45.0 Å². The number of ether oxygens (including phenoxy) is 2. The monoisotopic (exact) mass is 538 g/mol. The second-order valence-electron chi connectivity index (χ2n) is 9.09. The number of para-hydroxylation sites is 1. The molecule has 10 heteroatoms. The van der Waals surface area contributed by atoms with Gasteiger partial charge in [-0.15, -0.1) is 0 Å². The van der Waals surface area contributed by atoms with Crippen molar-refractivity contribution < 1.29 is 14.3 Å². The molecule has 2 heterocycles. The maximum Gasteiger partial charge on any atom is 0.324 e. The Morgan fingerprint density at radius 3 is 2.49 bits per heavy atom. The third-order valence-corrected chi connectivity index (χ3v) is 7.39. The molecule has 0 radical (unpaired) electrons. The van der Waals surface area contributed by atoms with Crippen molar-refractivity contribution in [2.75, 3.05) is 24.9 Å². The zero-order valence-electron chi connectivity index (χ0n) is 21.4. The van der Waals surface area contributed by atoms with E-state index in [1.807, 2.05) is 72.8 Å². The highest BCUT2D eigenvalue weighted by atomic mass is 32.2. The lowest BCUT2D eigenvalue weighted by Crippen LogP contribution is -2.21. The predicted octanol–water partition coefficient (Wildman–Crippen LogP) is 6.51. The summed E-state index contributed by atoms with van der Waals surface area (Å²) < 4.78 is 12.6. The second-order valence-corrected chi connectivity index (χ2v) is 10.2. The summed E-state index contributed by atoms with van der Waals surface area (Å²) in [6.07, 6.45) is 3.78. The van der Waals surface area contributed by atoms with Crippen molar-refractivity contribution in [3.63, 3.8) is 0 Å². The molecule has 3 aromatic carbocycles. The number of methoxy groups -OCH3 is 2. The number of carbonyl (C=O) groups excluding carboxylic acids is 1. The van der Waals surface area contributed by atoms with Gasteiger partial charge < -0.3 is 14.8 Å². The number of nitrogens with one attached hydrogen (secondary N) is 2. The molecule has 1 aliphatic rings. The molecule has 1 saturated carbocycles. The van der Waals surface area contributed by atoms with Gasteiger partial charge in [0.05, 0.1) is 31.1 Å². The summed E-state index contributed by atoms with van der Waals surface area (Å²) in [7, 11) is 3.19. The maximum absolute atomic E-state index is 13.0. The molecule has 0 aliphatic heterocycles. The van der Waals surface area contributed by atoms with E-state index in [4.69, 9.17) is 14.6 Å².